The van der Waals surface area contributed by atoms with Gasteiger partial charge in [-0.05, 0) is 42.0 Å². The Balaban J connectivity index is 0.00000133. The van der Waals surface area contributed by atoms with E-state index in [1.54, 1.807) is 0 Å². The van der Waals surface area contributed by atoms with E-state index in [0.29, 0.717) is 6.04 Å². The summed E-state index contributed by atoms with van der Waals surface area (Å²) in [5.41, 5.74) is 5.81. The van der Waals surface area contributed by atoms with E-state index in [2.05, 4.69) is 60.8 Å². The predicted molar refractivity (Wildman–Crippen MR) is 82.9 cm³/mol. The van der Waals surface area contributed by atoms with Gasteiger partial charge in [0.2, 0.25) is 0 Å². The number of hydrogen-bond acceptors (Lipinski definition) is 1. The fourth-order valence-corrected chi connectivity index (χ4v) is 2.77. The van der Waals surface area contributed by atoms with Crippen molar-refractivity contribution < 1.29 is 0 Å². The number of rotatable bonds is 3. The number of benzene rings is 2. The van der Waals surface area contributed by atoms with Gasteiger partial charge in [0.1, 0.15) is 0 Å². The van der Waals surface area contributed by atoms with Gasteiger partial charge in [0.15, 0.2) is 0 Å². The van der Waals surface area contributed by atoms with Crippen LogP contribution in [0.3, 0.4) is 0 Å². The van der Waals surface area contributed by atoms with E-state index in [1.165, 1.54) is 35.1 Å². The summed E-state index contributed by atoms with van der Waals surface area (Å²) in [7, 11) is 0. The van der Waals surface area contributed by atoms with Gasteiger partial charge in [0, 0.05) is 12.6 Å². The molecule has 2 aromatic carbocycles. The van der Waals surface area contributed by atoms with Crippen LogP contribution in [0.2, 0.25) is 0 Å². The van der Waals surface area contributed by atoms with Crippen molar-refractivity contribution in [3.8, 4) is 0 Å². The lowest BCUT2D eigenvalue weighted by molar-refractivity contribution is 0.532. The van der Waals surface area contributed by atoms with E-state index >= 15 is 0 Å². The summed E-state index contributed by atoms with van der Waals surface area (Å²) in [6, 6.07) is 18.0. The van der Waals surface area contributed by atoms with Crippen molar-refractivity contribution in [3.63, 3.8) is 0 Å². The first kappa shape index (κ1) is 14.1. The molecule has 0 aliphatic heterocycles. The third kappa shape index (κ3) is 3.17. The van der Waals surface area contributed by atoms with Crippen molar-refractivity contribution >= 4 is 12.4 Å². The number of aryl methyl sites for hydroxylation is 1. The summed E-state index contributed by atoms with van der Waals surface area (Å²) < 4.78 is 0. The second-order valence-corrected chi connectivity index (χ2v) is 5.18. The van der Waals surface area contributed by atoms with Crippen LogP contribution in [0, 0.1) is 6.92 Å². The first-order valence-electron chi connectivity index (χ1n) is 6.67. The minimum Gasteiger partial charge on any atom is -0.309 e. The molecule has 1 N–H and O–H groups in total. The van der Waals surface area contributed by atoms with Crippen LogP contribution in [-0.2, 0) is 19.4 Å². The van der Waals surface area contributed by atoms with E-state index < -0.39 is 0 Å². The molecule has 0 bridgehead atoms. The van der Waals surface area contributed by atoms with Gasteiger partial charge >= 0.3 is 0 Å². The minimum atomic E-state index is 0. The summed E-state index contributed by atoms with van der Waals surface area (Å²) in [6.07, 6.45) is 2.34. The summed E-state index contributed by atoms with van der Waals surface area (Å²) in [4.78, 5) is 0. The molecule has 3 rings (SSSR count). The van der Waals surface area contributed by atoms with Crippen molar-refractivity contribution in [1.82, 2.24) is 5.32 Å². The highest BCUT2D eigenvalue weighted by Crippen LogP contribution is 2.22. The van der Waals surface area contributed by atoms with Crippen molar-refractivity contribution in [1.29, 1.82) is 0 Å². The smallest absolute Gasteiger partial charge is 0.0210 e. The van der Waals surface area contributed by atoms with Crippen molar-refractivity contribution in [2.45, 2.75) is 32.4 Å². The van der Waals surface area contributed by atoms with Crippen LogP contribution in [0.1, 0.15) is 22.3 Å². The average Bonchev–Trinajstić information content (AvgIpc) is 2.80. The molecule has 0 saturated heterocycles. The van der Waals surface area contributed by atoms with Crippen LogP contribution < -0.4 is 5.32 Å². The van der Waals surface area contributed by atoms with Crippen LogP contribution in [0.5, 0.6) is 0 Å². The third-order valence-corrected chi connectivity index (χ3v) is 3.89. The summed E-state index contributed by atoms with van der Waals surface area (Å²) in [5.74, 6) is 0. The molecule has 0 unspecified atom stereocenters. The fourth-order valence-electron chi connectivity index (χ4n) is 2.77. The van der Waals surface area contributed by atoms with Crippen molar-refractivity contribution in [3.05, 3.63) is 70.8 Å². The van der Waals surface area contributed by atoms with Gasteiger partial charge in [-0.25, -0.2) is 0 Å². The summed E-state index contributed by atoms with van der Waals surface area (Å²) in [6.45, 7) is 3.16. The maximum atomic E-state index is 3.69. The van der Waals surface area contributed by atoms with E-state index in [0.717, 1.165) is 6.54 Å². The molecule has 100 valence electrons. The Labute approximate surface area is 121 Å². The highest BCUT2D eigenvalue weighted by Gasteiger charge is 2.20. The Morgan fingerprint density at radius 2 is 1.53 bits per heavy atom. The highest BCUT2D eigenvalue weighted by atomic mass is 35.5. The third-order valence-electron chi connectivity index (χ3n) is 3.89. The Morgan fingerprint density at radius 3 is 2.16 bits per heavy atom. The van der Waals surface area contributed by atoms with Gasteiger partial charge in [-0.1, -0.05) is 48.5 Å². The molecule has 0 aromatic heterocycles. The van der Waals surface area contributed by atoms with Crippen LogP contribution in [0.25, 0.3) is 0 Å². The lowest BCUT2D eigenvalue weighted by atomic mass is 10.1. The topological polar surface area (TPSA) is 12.0 Å². The second kappa shape index (κ2) is 6.23. The molecule has 0 saturated carbocycles. The number of halogens is 1. The van der Waals surface area contributed by atoms with E-state index in [4.69, 9.17) is 0 Å². The SMILES string of the molecule is Cc1ccccc1CNC1Cc2ccccc2C1.Cl. The molecule has 1 aliphatic carbocycles. The maximum absolute atomic E-state index is 3.69. The first-order valence-corrected chi connectivity index (χ1v) is 6.67. The van der Waals surface area contributed by atoms with Crippen molar-refractivity contribution in [2.24, 2.45) is 0 Å². The maximum Gasteiger partial charge on any atom is 0.0210 e. The van der Waals surface area contributed by atoms with E-state index in [1.807, 2.05) is 0 Å². The Morgan fingerprint density at radius 1 is 0.947 bits per heavy atom. The van der Waals surface area contributed by atoms with Gasteiger partial charge in [-0.2, -0.15) is 0 Å². The number of nitrogens with one attached hydrogen (secondary N) is 1. The fraction of sp³-hybridized carbons (Fsp3) is 0.294. The molecular formula is C17H20ClN. The predicted octanol–water partition coefficient (Wildman–Crippen LogP) is 3.67. The Bertz CT molecular complexity index is 525. The van der Waals surface area contributed by atoms with E-state index in [9.17, 15) is 0 Å². The Hall–Kier alpha value is -1.31. The molecule has 0 spiro atoms. The lowest BCUT2D eigenvalue weighted by Gasteiger charge is -2.13. The molecule has 0 amide bonds. The normalized spacial score (nSPS) is 13.9. The van der Waals surface area contributed by atoms with Gasteiger partial charge < -0.3 is 5.32 Å². The molecule has 2 heteroatoms. The first-order chi connectivity index (χ1) is 8.83. The quantitative estimate of drug-likeness (QED) is 0.900. The van der Waals surface area contributed by atoms with Crippen LogP contribution in [0.15, 0.2) is 48.5 Å². The van der Waals surface area contributed by atoms with Crippen LogP contribution >= 0.6 is 12.4 Å². The number of hydrogen-bond donors (Lipinski definition) is 1. The minimum absolute atomic E-state index is 0. The average molecular weight is 274 g/mol. The highest BCUT2D eigenvalue weighted by molar-refractivity contribution is 5.85. The molecule has 0 radical (unpaired) electrons. The van der Waals surface area contributed by atoms with Crippen LogP contribution in [-0.4, -0.2) is 6.04 Å². The molecular weight excluding hydrogens is 254 g/mol. The molecule has 2 aromatic rings. The molecule has 1 aliphatic rings. The lowest BCUT2D eigenvalue weighted by Crippen LogP contribution is -2.29. The second-order valence-electron chi connectivity index (χ2n) is 5.18. The molecule has 0 heterocycles. The van der Waals surface area contributed by atoms with Gasteiger partial charge in [-0.15, -0.1) is 12.4 Å². The Kier molecular flexibility index (Phi) is 4.62. The summed E-state index contributed by atoms with van der Waals surface area (Å²) >= 11 is 0. The van der Waals surface area contributed by atoms with Crippen molar-refractivity contribution in [2.75, 3.05) is 0 Å². The monoisotopic (exact) mass is 273 g/mol. The van der Waals surface area contributed by atoms with Crippen LogP contribution in [0.4, 0.5) is 0 Å². The number of fused-ring (bicyclic) bond motifs is 1. The standard InChI is InChI=1S/C17H19N.ClH/c1-13-6-2-3-9-16(13)12-18-17-10-14-7-4-5-8-15(14)11-17;/h2-9,17-18H,10-12H2,1H3;1H. The zero-order chi connectivity index (χ0) is 12.4. The molecule has 0 fully saturated rings. The zero-order valence-corrected chi connectivity index (χ0v) is 12.0. The molecule has 19 heavy (non-hydrogen) atoms. The molecule has 0 atom stereocenters. The summed E-state index contributed by atoms with van der Waals surface area (Å²) in [5, 5.41) is 3.69. The van der Waals surface area contributed by atoms with Gasteiger partial charge in [0.05, 0.1) is 0 Å². The van der Waals surface area contributed by atoms with Gasteiger partial charge in [-0.3, -0.25) is 0 Å². The molecule has 1 nitrogen and oxygen atoms in total. The van der Waals surface area contributed by atoms with Gasteiger partial charge in [0.25, 0.3) is 0 Å². The van der Waals surface area contributed by atoms with E-state index in [-0.39, 0.29) is 12.4 Å². The largest absolute Gasteiger partial charge is 0.309 e. The zero-order valence-electron chi connectivity index (χ0n) is 11.2.